The Bertz CT molecular complexity index is 298. The Labute approximate surface area is 111 Å². The van der Waals surface area contributed by atoms with Gasteiger partial charge in [-0.3, -0.25) is 4.79 Å². The van der Waals surface area contributed by atoms with Gasteiger partial charge in [-0.25, -0.2) is 0 Å². The van der Waals surface area contributed by atoms with E-state index in [4.69, 9.17) is 0 Å². The molecule has 3 aliphatic rings. The lowest BCUT2D eigenvalue weighted by molar-refractivity contribution is -0.142. The summed E-state index contributed by atoms with van der Waals surface area (Å²) in [6.45, 7) is 2.31. The Hall–Kier alpha value is -0.530. The molecule has 0 unspecified atom stereocenters. The van der Waals surface area contributed by atoms with Crippen molar-refractivity contribution in [3.8, 4) is 0 Å². The van der Waals surface area contributed by atoms with Gasteiger partial charge in [-0.05, 0) is 57.3 Å². The van der Waals surface area contributed by atoms with Crippen LogP contribution >= 0.6 is 0 Å². The average molecular weight is 249 g/mol. The summed E-state index contributed by atoms with van der Waals surface area (Å²) >= 11 is 0. The molecule has 0 bridgehead atoms. The quantitative estimate of drug-likeness (QED) is 0.743. The molecule has 18 heavy (non-hydrogen) atoms. The second kappa shape index (κ2) is 5.22. The van der Waals surface area contributed by atoms with E-state index in [-0.39, 0.29) is 0 Å². The van der Waals surface area contributed by atoms with Gasteiger partial charge in [0.1, 0.15) is 0 Å². The van der Waals surface area contributed by atoms with Crippen LogP contribution in [0.3, 0.4) is 0 Å². The van der Waals surface area contributed by atoms with Crippen molar-refractivity contribution in [3.05, 3.63) is 0 Å². The highest BCUT2D eigenvalue weighted by Gasteiger charge is 2.41. The van der Waals surface area contributed by atoms with E-state index in [9.17, 15) is 4.79 Å². The predicted octanol–water partition coefficient (Wildman–Crippen LogP) is 3.75. The predicted molar refractivity (Wildman–Crippen MR) is 73.2 cm³/mol. The first kappa shape index (κ1) is 12.5. The Kier molecular flexibility index (Phi) is 3.63. The van der Waals surface area contributed by atoms with Crippen LogP contribution in [0.1, 0.15) is 71.1 Å². The molecule has 3 rings (SSSR count). The largest absolute Gasteiger partial charge is 0.336 e. The molecule has 1 amide bonds. The van der Waals surface area contributed by atoms with Gasteiger partial charge in [0, 0.05) is 18.0 Å². The van der Waals surface area contributed by atoms with Crippen LogP contribution in [-0.4, -0.2) is 22.9 Å². The smallest absolute Gasteiger partial charge is 0.226 e. The van der Waals surface area contributed by atoms with Gasteiger partial charge in [-0.1, -0.05) is 19.8 Å². The van der Waals surface area contributed by atoms with Gasteiger partial charge in [-0.15, -0.1) is 0 Å². The summed E-state index contributed by atoms with van der Waals surface area (Å²) in [5, 5.41) is 0. The third-order valence-electron chi connectivity index (χ3n) is 5.44. The van der Waals surface area contributed by atoms with Crippen molar-refractivity contribution in [3.63, 3.8) is 0 Å². The number of hydrogen-bond acceptors (Lipinski definition) is 1. The van der Waals surface area contributed by atoms with Crippen LogP contribution in [0.4, 0.5) is 0 Å². The van der Waals surface area contributed by atoms with Crippen LogP contribution in [0.2, 0.25) is 0 Å². The Morgan fingerprint density at radius 1 is 0.944 bits per heavy atom. The molecule has 0 radical (unpaired) electrons. The summed E-state index contributed by atoms with van der Waals surface area (Å²) in [5.41, 5.74) is 0. The fourth-order valence-electron chi connectivity index (χ4n) is 3.71. The van der Waals surface area contributed by atoms with Gasteiger partial charge < -0.3 is 4.90 Å². The zero-order valence-electron chi connectivity index (χ0n) is 11.7. The summed E-state index contributed by atoms with van der Waals surface area (Å²) < 4.78 is 0. The molecule has 0 atom stereocenters. The molecule has 0 aromatic heterocycles. The molecule has 0 aliphatic heterocycles. The van der Waals surface area contributed by atoms with Crippen LogP contribution in [0.5, 0.6) is 0 Å². The summed E-state index contributed by atoms with van der Waals surface area (Å²) in [7, 11) is 0. The van der Waals surface area contributed by atoms with Crippen molar-refractivity contribution in [2.75, 3.05) is 0 Å². The molecule has 2 nitrogen and oxygen atoms in total. The van der Waals surface area contributed by atoms with Gasteiger partial charge in [0.15, 0.2) is 0 Å². The average Bonchev–Trinajstić information content (AvgIpc) is 3.12. The maximum atomic E-state index is 12.6. The summed E-state index contributed by atoms with van der Waals surface area (Å²) in [6, 6.07) is 1.22. The Balaban J connectivity index is 1.61. The fourth-order valence-corrected chi connectivity index (χ4v) is 3.71. The molecule has 0 heterocycles. The van der Waals surface area contributed by atoms with Gasteiger partial charge in [0.2, 0.25) is 5.91 Å². The second-order valence-corrected chi connectivity index (χ2v) is 6.69. The van der Waals surface area contributed by atoms with E-state index >= 15 is 0 Å². The Morgan fingerprint density at radius 2 is 1.50 bits per heavy atom. The molecule has 0 N–H and O–H groups in total. The molecular formula is C16H27NO. The second-order valence-electron chi connectivity index (χ2n) is 6.69. The maximum Gasteiger partial charge on any atom is 0.226 e. The summed E-state index contributed by atoms with van der Waals surface area (Å²) in [5.74, 6) is 1.85. The van der Waals surface area contributed by atoms with E-state index in [1.54, 1.807) is 0 Å². The first-order valence-electron chi connectivity index (χ1n) is 8.11. The first-order valence-corrected chi connectivity index (χ1v) is 8.11. The van der Waals surface area contributed by atoms with Crippen molar-refractivity contribution in [1.82, 2.24) is 4.90 Å². The van der Waals surface area contributed by atoms with Crippen molar-refractivity contribution in [1.29, 1.82) is 0 Å². The van der Waals surface area contributed by atoms with Gasteiger partial charge in [0.25, 0.3) is 0 Å². The van der Waals surface area contributed by atoms with Gasteiger partial charge in [-0.2, -0.15) is 0 Å². The molecule has 102 valence electrons. The molecule has 3 fully saturated rings. The highest BCUT2D eigenvalue weighted by molar-refractivity contribution is 5.80. The van der Waals surface area contributed by atoms with Crippen LogP contribution in [0.25, 0.3) is 0 Å². The lowest BCUT2D eigenvalue weighted by atomic mass is 9.81. The van der Waals surface area contributed by atoms with Crippen LogP contribution in [0.15, 0.2) is 0 Å². The van der Waals surface area contributed by atoms with E-state index < -0.39 is 0 Å². The third-order valence-corrected chi connectivity index (χ3v) is 5.44. The molecule has 0 saturated heterocycles. The highest BCUT2D eigenvalue weighted by Crippen LogP contribution is 2.39. The topological polar surface area (TPSA) is 20.3 Å². The lowest BCUT2D eigenvalue weighted by Gasteiger charge is -2.40. The number of carbonyl (C=O) groups excluding carboxylic acids is 1. The number of hydrogen-bond donors (Lipinski definition) is 0. The van der Waals surface area contributed by atoms with E-state index in [1.807, 2.05) is 0 Å². The third kappa shape index (κ3) is 2.44. The number of carbonyl (C=O) groups is 1. The fraction of sp³-hybridized carbons (Fsp3) is 0.938. The van der Waals surface area contributed by atoms with Crippen molar-refractivity contribution in [2.24, 2.45) is 11.8 Å². The molecule has 3 aliphatic carbocycles. The molecule has 0 spiro atoms. The molecular weight excluding hydrogens is 222 g/mol. The monoisotopic (exact) mass is 249 g/mol. The molecule has 3 saturated carbocycles. The van der Waals surface area contributed by atoms with Crippen molar-refractivity contribution in [2.45, 2.75) is 83.2 Å². The summed E-state index contributed by atoms with van der Waals surface area (Å²) in [6.07, 6.45) is 12.7. The van der Waals surface area contributed by atoms with Crippen LogP contribution in [0, 0.1) is 11.8 Å². The van der Waals surface area contributed by atoms with Gasteiger partial charge in [0.05, 0.1) is 0 Å². The van der Waals surface area contributed by atoms with Crippen LogP contribution in [-0.2, 0) is 4.79 Å². The Morgan fingerprint density at radius 3 is 1.89 bits per heavy atom. The zero-order chi connectivity index (χ0) is 12.5. The molecule has 2 heteroatoms. The highest BCUT2D eigenvalue weighted by atomic mass is 16.2. The number of amides is 1. The van der Waals surface area contributed by atoms with E-state index in [2.05, 4.69) is 11.8 Å². The minimum absolute atomic E-state index is 0.398. The minimum atomic E-state index is 0.398. The van der Waals surface area contributed by atoms with E-state index in [0.29, 0.717) is 23.9 Å². The van der Waals surface area contributed by atoms with Crippen molar-refractivity contribution >= 4 is 5.91 Å². The van der Waals surface area contributed by atoms with Crippen LogP contribution < -0.4 is 0 Å². The minimum Gasteiger partial charge on any atom is -0.336 e. The number of nitrogens with zero attached hydrogens (tertiary/aromatic N) is 1. The molecule has 0 aromatic carbocycles. The van der Waals surface area contributed by atoms with E-state index in [1.165, 1.54) is 51.4 Å². The number of rotatable bonds is 4. The maximum absolute atomic E-state index is 12.6. The van der Waals surface area contributed by atoms with Crippen molar-refractivity contribution < 1.29 is 4.79 Å². The zero-order valence-corrected chi connectivity index (χ0v) is 11.7. The van der Waals surface area contributed by atoms with E-state index in [0.717, 1.165) is 18.8 Å². The standard InChI is InChI=1S/C16H27NO/c1-2-12-6-8-14(9-7-12)17(15-10-11-15)16(18)13-4-3-5-13/h12-15H,2-11H2,1H3. The lowest BCUT2D eigenvalue weighted by Crippen LogP contribution is -2.47. The van der Waals surface area contributed by atoms with Gasteiger partial charge >= 0.3 is 0 Å². The molecule has 0 aromatic rings. The first-order chi connectivity index (χ1) is 8.79. The summed E-state index contributed by atoms with van der Waals surface area (Å²) in [4.78, 5) is 14.9. The SMILES string of the molecule is CCC1CCC(N(C(=O)C2CCC2)C2CC2)CC1. The normalized spacial score (nSPS) is 32.9.